The van der Waals surface area contributed by atoms with Gasteiger partial charge in [-0.1, -0.05) is 18.2 Å². The Bertz CT molecular complexity index is 537. The quantitative estimate of drug-likeness (QED) is 0.816. The third kappa shape index (κ3) is 3.06. The Balaban J connectivity index is 2.00. The zero-order valence-electron chi connectivity index (χ0n) is 12.5. The van der Waals surface area contributed by atoms with Gasteiger partial charge in [-0.05, 0) is 32.8 Å². The topological polar surface area (TPSA) is 49.4 Å². The molecule has 0 radical (unpaired) electrons. The van der Waals surface area contributed by atoms with E-state index in [1.807, 2.05) is 13.8 Å². The summed E-state index contributed by atoms with van der Waals surface area (Å²) in [6, 6.07) is 6.31. The molecule has 1 aromatic rings. The summed E-state index contributed by atoms with van der Waals surface area (Å²) < 4.78 is 13.5. The van der Waals surface area contributed by atoms with Crippen LogP contribution in [0.25, 0.3) is 0 Å². The largest absolute Gasteiger partial charge is 0.351 e. The van der Waals surface area contributed by atoms with Gasteiger partial charge >= 0.3 is 0 Å². The van der Waals surface area contributed by atoms with Crippen LogP contribution in [0, 0.1) is 11.2 Å². The number of hydrogen-bond acceptors (Lipinski definition) is 2. The Kier molecular flexibility index (Phi) is 4.60. The first-order valence-corrected chi connectivity index (χ1v) is 7.36. The molecule has 0 spiro atoms. The first-order valence-electron chi connectivity index (χ1n) is 7.36. The highest BCUT2D eigenvalue weighted by Crippen LogP contribution is 2.47. The second kappa shape index (κ2) is 6.24. The van der Waals surface area contributed by atoms with E-state index in [-0.39, 0.29) is 24.2 Å². The lowest BCUT2D eigenvalue weighted by Gasteiger charge is -2.24. The summed E-state index contributed by atoms with van der Waals surface area (Å²) >= 11 is 0. The Morgan fingerprint density at radius 2 is 1.86 bits per heavy atom. The third-order valence-electron chi connectivity index (χ3n) is 4.04. The van der Waals surface area contributed by atoms with Crippen molar-refractivity contribution in [2.75, 3.05) is 13.1 Å². The maximum Gasteiger partial charge on any atom is 0.238 e. The predicted octanol–water partition coefficient (Wildman–Crippen LogP) is 2.09. The van der Waals surface area contributed by atoms with Crippen LogP contribution < -0.4 is 5.32 Å². The van der Waals surface area contributed by atoms with E-state index in [1.54, 1.807) is 23.1 Å². The van der Waals surface area contributed by atoms with E-state index in [0.29, 0.717) is 31.5 Å². The van der Waals surface area contributed by atoms with Gasteiger partial charge < -0.3 is 10.2 Å². The zero-order valence-corrected chi connectivity index (χ0v) is 12.5. The fraction of sp³-hybridized carbons (Fsp3) is 0.500. The van der Waals surface area contributed by atoms with Gasteiger partial charge in [0.05, 0.1) is 0 Å². The van der Waals surface area contributed by atoms with Crippen LogP contribution in [0.15, 0.2) is 24.3 Å². The van der Waals surface area contributed by atoms with Crippen LogP contribution in [-0.4, -0.2) is 29.8 Å². The second-order valence-corrected chi connectivity index (χ2v) is 5.33. The fourth-order valence-electron chi connectivity index (χ4n) is 2.46. The molecule has 0 saturated heterocycles. The van der Waals surface area contributed by atoms with Crippen molar-refractivity contribution in [2.45, 2.75) is 33.2 Å². The second-order valence-electron chi connectivity index (χ2n) is 5.33. The lowest BCUT2D eigenvalue weighted by Crippen LogP contribution is -2.45. The van der Waals surface area contributed by atoms with Gasteiger partial charge in [-0.3, -0.25) is 9.59 Å². The molecule has 1 aliphatic carbocycles. The van der Waals surface area contributed by atoms with Crippen LogP contribution in [0.4, 0.5) is 4.39 Å². The third-order valence-corrected chi connectivity index (χ3v) is 4.04. The molecule has 1 aliphatic rings. The maximum absolute atomic E-state index is 13.5. The molecule has 21 heavy (non-hydrogen) atoms. The maximum atomic E-state index is 13.5. The van der Waals surface area contributed by atoms with Crippen molar-refractivity contribution in [3.8, 4) is 0 Å². The monoisotopic (exact) mass is 292 g/mol. The molecule has 0 bridgehead atoms. The van der Waals surface area contributed by atoms with Crippen LogP contribution in [0.5, 0.6) is 0 Å². The van der Waals surface area contributed by atoms with Crippen LogP contribution in [0.1, 0.15) is 32.3 Å². The zero-order chi connectivity index (χ0) is 15.5. The highest BCUT2D eigenvalue weighted by molar-refractivity contribution is 6.07. The summed E-state index contributed by atoms with van der Waals surface area (Å²) in [6.45, 7) is 5.09. The number of carbonyl (C=O) groups excluding carboxylic acids is 2. The van der Waals surface area contributed by atoms with Gasteiger partial charge in [-0.25, -0.2) is 4.39 Å². The summed E-state index contributed by atoms with van der Waals surface area (Å²) in [5.41, 5.74) is -0.492. The first kappa shape index (κ1) is 15.5. The van der Waals surface area contributed by atoms with Gasteiger partial charge in [0, 0.05) is 25.2 Å². The van der Waals surface area contributed by atoms with Crippen LogP contribution in [0.2, 0.25) is 0 Å². The number of halogens is 1. The van der Waals surface area contributed by atoms with Crippen molar-refractivity contribution in [2.24, 2.45) is 5.41 Å². The SMILES string of the molecule is CCN(CC)C(=O)C1(C(=O)NCc2ccccc2F)CC1. The molecule has 1 aromatic carbocycles. The van der Waals surface area contributed by atoms with Gasteiger partial charge in [0.25, 0.3) is 0 Å². The van der Waals surface area contributed by atoms with Gasteiger partial charge in [-0.2, -0.15) is 0 Å². The standard InChI is InChI=1S/C16H21FN2O2/c1-3-19(4-2)15(21)16(9-10-16)14(20)18-11-12-7-5-6-8-13(12)17/h5-8H,3-4,9-11H2,1-2H3,(H,18,20). The molecule has 5 heteroatoms. The molecule has 1 fully saturated rings. The highest BCUT2D eigenvalue weighted by atomic mass is 19.1. The van der Waals surface area contributed by atoms with Crippen molar-refractivity contribution in [1.82, 2.24) is 10.2 Å². The van der Waals surface area contributed by atoms with Gasteiger partial charge in [0.1, 0.15) is 11.2 Å². The molecule has 0 unspecified atom stereocenters. The minimum Gasteiger partial charge on any atom is -0.351 e. The van der Waals surface area contributed by atoms with Crippen LogP contribution >= 0.6 is 0 Å². The minimum atomic E-state index is -0.919. The Hall–Kier alpha value is -1.91. The van der Waals surface area contributed by atoms with Crippen molar-refractivity contribution < 1.29 is 14.0 Å². The summed E-state index contributed by atoms with van der Waals surface area (Å²) in [4.78, 5) is 26.4. The van der Waals surface area contributed by atoms with E-state index in [0.717, 1.165) is 0 Å². The number of benzene rings is 1. The van der Waals surface area contributed by atoms with Gasteiger partial charge in [-0.15, -0.1) is 0 Å². The molecule has 1 N–H and O–H groups in total. The van der Waals surface area contributed by atoms with Crippen LogP contribution in [-0.2, 0) is 16.1 Å². The first-order chi connectivity index (χ1) is 10.0. The van der Waals surface area contributed by atoms with E-state index in [9.17, 15) is 14.0 Å². The summed E-state index contributed by atoms with van der Waals surface area (Å²) in [7, 11) is 0. The summed E-state index contributed by atoms with van der Waals surface area (Å²) in [6.07, 6.45) is 1.15. The summed E-state index contributed by atoms with van der Waals surface area (Å²) in [5, 5.41) is 2.70. The normalized spacial score (nSPS) is 15.4. The number of rotatable bonds is 6. The van der Waals surface area contributed by atoms with E-state index in [2.05, 4.69) is 5.32 Å². The molecule has 4 nitrogen and oxygen atoms in total. The number of nitrogens with zero attached hydrogens (tertiary/aromatic N) is 1. The van der Waals surface area contributed by atoms with E-state index in [4.69, 9.17) is 0 Å². The molecule has 2 rings (SSSR count). The minimum absolute atomic E-state index is 0.110. The lowest BCUT2D eigenvalue weighted by atomic mass is 10.0. The Labute approximate surface area is 124 Å². The molecule has 114 valence electrons. The average Bonchev–Trinajstić information content (AvgIpc) is 3.29. The van der Waals surface area contributed by atoms with Crippen molar-refractivity contribution in [1.29, 1.82) is 0 Å². The number of amides is 2. The molecule has 0 heterocycles. The van der Waals surface area contributed by atoms with Crippen molar-refractivity contribution in [3.63, 3.8) is 0 Å². The highest BCUT2D eigenvalue weighted by Gasteiger charge is 2.57. The van der Waals surface area contributed by atoms with Crippen molar-refractivity contribution >= 4 is 11.8 Å². The predicted molar refractivity (Wildman–Crippen MR) is 77.8 cm³/mol. The number of hydrogen-bond donors (Lipinski definition) is 1. The van der Waals surface area contributed by atoms with Gasteiger partial charge in [0.15, 0.2) is 0 Å². The smallest absolute Gasteiger partial charge is 0.238 e. The van der Waals surface area contributed by atoms with Crippen molar-refractivity contribution in [3.05, 3.63) is 35.6 Å². The molecule has 2 amide bonds. The molecule has 0 aliphatic heterocycles. The average molecular weight is 292 g/mol. The van der Waals surface area contributed by atoms with E-state index in [1.165, 1.54) is 6.07 Å². The molecule has 1 saturated carbocycles. The molecule has 0 atom stereocenters. The molecular weight excluding hydrogens is 271 g/mol. The molecular formula is C16H21FN2O2. The van der Waals surface area contributed by atoms with Gasteiger partial charge in [0.2, 0.25) is 11.8 Å². The molecule has 0 aromatic heterocycles. The Morgan fingerprint density at radius 1 is 1.24 bits per heavy atom. The Morgan fingerprint density at radius 3 is 2.38 bits per heavy atom. The van der Waals surface area contributed by atoms with Crippen LogP contribution in [0.3, 0.4) is 0 Å². The summed E-state index contributed by atoms with van der Waals surface area (Å²) in [5.74, 6) is -0.751. The van der Waals surface area contributed by atoms with E-state index < -0.39 is 5.41 Å². The number of carbonyl (C=O) groups is 2. The fourth-order valence-corrected chi connectivity index (χ4v) is 2.46. The van der Waals surface area contributed by atoms with E-state index >= 15 is 0 Å². The number of nitrogens with one attached hydrogen (secondary N) is 1. The lowest BCUT2D eigenvalue weighted by molar-refractivity contribution is -0.144.